The lowest BCUT2D eigenvalue weighted by Gasteiger charge is -2.21. The number of alkyl carbamates (subject to hydrolysis) is 1. The van der Waals surface area contributed by atoms with Crippen LogP contribution in [0.3, 0.4) is 0 Å². The third-order valence-corrected chi connectivity index (χ3v) is 3.30. The minimum absolute atomic E-state index is 0.00432. The van der Waals surface area contributed by atoms with Crippen LogP contribution in [0.15, 0.2) is 42.4 Å². The van der Waals surface area contributed by atoms with E-state index < -0.39 is 11.7 Å². The highest BCUT2D eigenvalue weighted by atomic mass is 16.7. The van der Waals surface area contributed by atoms with Gasteiger partial charge in [-0.2, -0.15) is 0 Å². The van der Waals surface area contributed by atoms with E-state index in [0.717, 1.165) is 12.2 Å². The van der Waals surface area contributed by atoms with Crippen LogP contribution in [0.4, 0.5) is 4.79 Å². The van der Waals surface area contributed by atoms with Crippen molar-refractivity contribution in [1.29, 1.82) is 0 Å². The molecule has 132 valence electrons. The van der Waals surface area contributed by atoms with Crippen LogP contribution >= 0.6 is 0 Å². The molecule has 0 aromatic heterocycles. The number of carbonyl (C=O) groups is 1. The van der Waals surface area contributed by atoms with Crippen LogP contribution < -0.4 is 10.6 Å². The summed E-state index contributed by atoms with van der Waals surface area (Å²) in [6.45, 7) is 6.82. The second kappa shape index (κ2) is 8.59. The van der Waals surface area contributed by atoms with E-state index in [0.29, 0.717) is 13.1 Å². The van der Waals surface area contributed by atoms with Crippen molar-refractivity contribution in [1.82, 2.24) is 10.6 Å². The minimum Gasteiger partial charge on any atom is -0.462 e. The Balaban J connectivity index is 1.80. The number of benzene rings is 1. The predicted molar refractivity (Wildman–Crippen MR) is 91.3 cm³/mol. The van der Waals surface area contributed by atoms with Crippen molar-refractivity contribution in [2.24, 2.45) is 0 Å². The van der Waals surface area contributed by atoms with Gasteiger partial charge in [0, 0.05) is 13.1 Å². The summed E-state index contributed by atoms with van der Waals surface area (Å²) >= 11 is 0. The standard InChI is InChI=1S/C18H26N2O4/c1-18(2,3)24-17(21)20-10-9-19-15(16-12-22-13-23-16)11-14-7-5-4-6-8-14/h4-8,12,15,19H,9-11,13H2,1-3H3,(H,20,21). The SMILES string of the molecule is CC(C)(C)OC(=O)NCCNC(Cc1ccccc1)C1=COCO1. The number of hydrogen-bond donors (Lipinski definition) is 2. The van der Waals surface area contributed by atoms with Crippen LogP contribution in [0.25, 0.3) is 0 Å². The molecular formula is C18H26N2O4. The summed E-state index contributed by atoms with van der Waals surface area (Å²) in [5.74, 6) is 0.774. The van der Waals surface area contributed by atoms with Gasteiger partial charge >= 0.3 is 6.09 Å². The lowest BCUT2D eigenvalue weighted by atomic mass is 10.0. The number of hydrogen-bond acceptors (Lipinski definition) is 5. The average molecular weight is 334 g/mol. The van der Waals surface area contributed by atoms with Crippen molar-refractivity contribution in [3.63, 3.8) is 0 Å². The summed E-state index contributed by atoms with van der Waals surface area (Å²) in [5.41, 5.74) is 0.708. The van der Waals surface area contributed by atoms with Crippen molar-refractivity contribution >= 4 is 6.09 Å². The van der Waals surface area contributed by atoms with Gasteiger partial charge in [-0.05, 0) is 32.8 Å². The maximum absolute atomic E-state index is 11.6. The minimum atomic E-state index is -0.493. The number of ether oxygens (including phenoxy) is 3. The largest absolute Gasteiger partial charge is 0.462 e. The molecule has 0 bridgehead atoms. The molecule has 1 atom stereocenters. The molecule has 2 N–H and O–H groups in total. The predicted octanol–water partition coefficient (Wildman–Crippen LogP) is 2.56. The van der Waals surface area contributed by atoms with E-state index in [1.165, 1.54) is 5.56 Å². The number of amides is 1. The van der Waals surface area contributed by atoms with E-state index in [1.807, 2.05) is 39.0 Å². The molecule has 1 aromatic carbocycles. The van der Waals surface area contributed by atoms with Crippen LogP contribution in [0.2, 0.25) is 0 Å². The van der Waals surface area contributed by atoms with Crippen LogP contribution in [0, 0.1) is 0 Å². The first-order valence-electron chi connectivity index (χ1n) is 8.13. The number of nitrogens with one attached hydrogen (secondary N) is 2. The van der Waals surface area contributed by atoms with Crippen molar-refractivity contribution in [2.75, 3.05) is 19.9 Å². The molecule has 2 rings (SSSR count). The van der Waals surface area contributed by atoms with Gasteiger partial charge in [0.15, 0.2) is 5.76 Å². The smallest absolute Gasteiger partial charge is 0.407 e. The number of rotatable bonds is 7. The first-order chi connectivity index (χ1) is 11.4. The highest BCUT2D eigenvalue weighted by Crippen LogP contribution is 2.15. The first-order valence-corrected chi connectivity index (χ1v) is 8.13. The maximum atomic E-state index is 11.6. The van der Waals surface area contributed by atoms with E-state index in [1.54, 1.807) is 6.26 Å². The van der Waals surface area contributed by atoms with Gasteiger partial charge < -0.3 is 24.8 Å². The van der Waals surface area contributed by atoms with Gasteiger partial charge in [-0.25, -0.2) is 4.79 Å². The van der Waals surface area contributed by atoms with Crippen LogP contribution in [0.5, 0.6) is 0 Å². The van der Waals surface area contributed by atoms with Crippen LogP contribution in [0.1, 0.15) is 26.3 Å². The van der Waals surface area contributed by atoms with Crippen LogP contribution in [-0.2, 0) is 20.6 Å². The van der Waals surface area contributed by atoms with E-state index in [4.69, 9.17) is 14.2 Å². The topological polar surface area (TPSA) is 68.8 Å². The molecule has 0 fully saturated rings. The molecule has 1 aromatic rings. The molecule has 1 unspecified atom stereocenters. The molecule has 1 aliphatic heterocycles. The quantitative estimate of drug-likeness (QED) is 0.750. The molecule has 1 heterocycles. The molecule has 6 nitrogen and oxygen atoms in total. The summed E-state index contributed by atoms with van der Waals surface area (Å²) in [6.07, 6.45) is 2.01. The Hall–Kier alpha value is -2.21. The third-order valence-electron chi connectivity index (χ3n) is 3.30. The Morgan fingerprint density at radius 1 is 1.25 bits per heavy atom. The molecule has 0 saturated carbocycles. The zero-order valence-corrected chi connectivity index (χ0v) is 14.5. The first kappa shape index (κ1) is 18.1. The Bertz CT molecular complexity index is 552. The van der Waals surface area contributed by atoms with E-state index in [2.05, 4.69) is 22.8 Å². The fourth-order valence-corrected chi connectivity index (χ4v) is 2.28. The summed E-state index contributed by atoms with van der Waals surface area (Å²) in [6, 6.07) is 10.2. The fraction of sp³-hybridized carbons (Fsp3) is 0.500. The highest BCUT2D eigenvalue weighted by molar-refractivity contribution is 5.67. The summed E-state index contributed by atoms with van der Waals surface area (Å²) in [7, 11) is 0. The second-order valence-electron chi connectivity index (χ2n) is 6.57. The normalized spacial score (nSPS) is 15.0. The Labute approximate surface area is 143 Å². The highest BCUT2D eigenvalue weighted by Gasteiger charge is 2.20. The number of carbonyl (C=O) groups excluding carboxylic acids is 1. The van der Waals surface area contributed by atoms with Gasteiger partial charge in [-0.3, -0.25) is 0 Å². The zero-order valence-electron chi connectivity index (χ0n) is 14.5. The van der Waals surface area contributed by atoms with Crippen LogP contribution in [-0.4, -0.2) is 37.6 Å². The molecule has 0 saturated heterocycles. The van der Waals surface area contributed by atoms with Gasteiger partial charge in [0.1, 0.15) is 11.9 Å². The van der Waals surface area contributed by atoms with Gasteiger partial charge in [0.05, 0.1) is 6.04 Å². The van der Waals surface area contributed by atoms with Gasteiger partial charge in [-0.15, -0.1) is 0 Å². The maximum Gasteiger partial charge on any atom is 0.407 e. The summed E-state index contributed by atoms with van der Waals surface area (Å²) < 4.78 is 15.9. The second-order valence-corrected chi connectivity index (χ2v) is 6.57. The van der Waals surface area contributed by atoms with Crippen molar-refractivity contribution in [3.8, 4) is 0 Å². The Kier molecular flexibility index (Phi) is 6.49. The molecular weight excluding hydrogens is 308 g/mol. The van der Waals surface area contributed by atoms with Gasteiger partial charge in [-0.1, -0.05) is 30.3 Å². The fourth-order valence-electron chi connectivity index (χ4n) is 2.28. The molecule has 6 heteroatoms. The summed E-state index contributed by atoms with van der Waals surface area (Å²) in [5, 5.41) is 6.12. The lowest BCUT2D eigenvalue weighted by molar-refractivity contribution is 0.0527. The van der Waals surface area contributed by atoms with Gasteiger partial charge in [0.25, 0.3) is 0 Å². The monoisotopic (exact) mass is 334 g/mol. The third kappa shape index (κ3) is 6.50. The van der Waals surface area contributed by atoms with Crippen molar-refractivity contribution in [3.05, 3.63) is 47.9 Å². The van der Waals surface area contributed by atoms with Crippen molar-refractivity contribution in [2.45, 2.75) is 38.8 Å². The summed E-state index contributed by atoms with van der Waals surface area (Å²) in [4.78, 5) is 11.6. The molecule has 1 amide bonds. The van der Waals surface area contributed by atoms with E-state index in [9.17, 15) is 4.79 Å². The molecule has 1 aliphatic rings. The Morgan fingerprint density at radius 2 is 2.00 bits per heavy atom. The molecule has 0 spiro atoms. The van der Waals surface area contributed by atoms with Gasteiger partial charge in [0.2, 0.25) is 6.79 Å². The van der Waals surface area contributed by atoms with E-state index >= 15 is 0 Å². The molecule has 24 heavy (non-hydrogen) atoms. The lowest BCUT2D eigenvalue weighted by Crippen LogP contribution is -2.40. The molecule has 0 aliphatic carbocycles. The zero-order chi connectivity index (χ0) is 17.4. The Morgan fingerprint density at radius 3 is 2.62 bits per heavy atom. The van der Waals surface area contributed by atoms with E-state index in [-0.39, 0.29) is 12.8 Å². The molecule has 0 radical (unpaired) electrons. The average Bonchev–Trinajstić information content (AvgIpc) is 3.04. The van der Waals surface area contributed by atoms with Crippen molar-refractivity contribution < 1.29 is 19.0 Å².